The largest absolute Gasteiger partial charge is 0.389 e. The molecule has 10 nitrogen and oxygen atoms in total. The van der Waals surface area contributed by atoms with Crippen LogP contribution in [0.5, 0.6) is 0 Å². The quantitative estimate of drug-likeness (QED) is 0.279. The fourth-order valence-corrected chi connectivity index (χ4v) is 1.82. The molecule has 1 aliphatic rings. The van der Waals surface area contributed by atoms with Crippen molar-refractivity contribution in [2.75, 3.05) is 23.4 Å². The van der Waals surface area contributed by atoms with Crippen molar-refractivity contribution >= 4 is 17.3 Å². The second-order valence-electron chi connectivity index (χ2n) is 3.84. The van der Waals surface area contributed by atoms with Crippen molar-refractivity contribution in [1.82, 2.24) is 9.97 Å². The van der Waals surface area contributed by atoms with E-state index in [2.05, 4.69) is 15.4 Å². The van der Waals surface area contributed by atoms with E-state index in [1.165, 1.54) is 4.90 Å². The summed E-state index contributed by atoms with van der Waals surface area (Å²) in [5, 5.41) is 29.9. The van der Waals surface area contributed by atoms with E-state index < -0.39 is 17.1 Å². The van der Waals surface area contributed by atoms with Crippen molar-refractivity contribution in [1.29, 1.82) is 0 Å². The minimum atomic E-state index is -0.964. The minimum Gasteiger partial charge on any atom is -0.389 e. The Balaban J connectivity index is 2.42. The topological polar surface area (TPSA) is 151 Å². The van der Waals surface area contributed by atoms with Gasteiger partial charge in [0.2, 0.25) is 11.6 Å². The minimum absolute atomic E-state index is 0.0125. The molecule has 0 spiro atoms. The van der Waals surface area contributed by atoms with Gasteiger partial charge >= 0.3 is 5.69 Å². The predicted octanol–water partition coefficient (Wildman–Crippen LogP) is -1.79. The first-order chi connectivity index (χ1) is 8.54. The zero-order chi connectivity index (χ0) is 13.3. The molecule has 1 aromatic heterocycles. The van der Waals surface area contributed by atoms with E-state index in [-0.39, 0.29) is 30.4 Å². The standard InChI is InChI=1S/C8H12N6O4/c9-12-7-6(14(17)18)8(11-3-10-7)13-1-4(15)5(16)2-13/h3-5,15-16H,1-2,9H2,(H,10,11,12). The molecule has 5 N–H and O–H groups in total. The van der Waals surface area contributed by atoms with Crippen molar-refractivity contribution in [3.05, 3.63) is 16.4 Å². The van der Waals surface area contributed by atoms with Crippen LogP contribution in [0.2, 0.25) is 0 Å². The van der Waals surface area contributed by atoms with Crippen LogP contribution in [0, 0.1) is 10.1 Å². The number of nitrogens with one attached hydrogen (secondary N) is 1. The number of β-amino-alcohol motifs (C(OH)–C–C–N with tert-alkyl or cyclic N) is 2. The zero-order valence-corrected chi connectivity index (χ0v) is 9.22. The van der Waals surface area contributed by atoms with Crippen LogP contribution in [0.3, 0.4) is 0 Å². The molecule has 2 atom stereocenters. The lowest BCUT2D eigenvalue weighted by atomic mass is 10.3. The van der Waals surface area contributed by atoms with E-state index in [0.717, 1.165) is 6.33 Å². The third-order valence-electron chi connectivity index (χ3n) is 2.68. The smallest absolute Gasteiger partial charge is 0.354 e. The monoisotopic (exact) mass is 256 g/mol. The van der Waals surface area contributed by atoms with Gasteiger partial charge in [0.05, 0.1) is 17.1 Å². The highest BCUT2D eigenvalue weighted by Gasteiger charge is 2.35. The summed E-state index contributed by atoms with van der Waals surface area (Å²) in [6, 6.07) is 0. The van der Waals surface area contributed by atoms with Gasteiger partial charge in [-0.05, 0) is 0 Å². The predicted molar refractivity (Wildman–Crippen MR) is 60.7 cm³/mol. The molecule has 10 heteroatoms. The SMILES string of the molecule is NNc1ncnc(N2CC(O)C(O)C2)c1[N+](=O)[O-]. The Morgan fingerprint density at radius 1 is 1.44 bits per heavy atom. The van der Waals surface area contributed by atoms with Gasteiger partial charge in [0, 0.05) is 13.1 Å². The summed E-state index contributed by atoms with van der Waals surface area (Å²) < 4.78 is 0. The zero-order valence-electron chi connectivity index (χ0n) is 9.22. The first kappa shape index (κ1) is 12.4. The van der Waals surface area contributed by atoms with Gasteiger partial charge in [-0.25, -0.2) is 15.8 Å². The highest BCUT2D eigenvalue weighted by Crippen LogP contribution is 2.32. The third-order valence-corrected chi connectivity index (χ3v) is 2.68. The lowest BCUT2D eigenvalue weighted by Gasteiger charge is -2.16. The summed E-state index contributed by atoms with van der Waals surface area (Å²) in [4.78, 5) is 19.2. The average Bonchev–Trinajstić information content (AvgIpc) is 2.68. The average molecular weight is 256 g/mol. The number of hydrogen-bond donors (Lipinski definition) is 4. The first-order valence-electron chi connectivity index (χ1n) is 5.11. The number of nitro groups is 1. The Morgan fingerprint density at radius 3 is 2.56 bits per heavy atom. The number of hydrazine groups is 1. The lowest BCUT2D eigenvalue weighted by molar-refractivity contribution is -0.383. The van der Waals surface area contributed by atoms with E-state index in [0.29, 0.717) is 0 Å². The Bertz CT molecular complexity index is 459. The Labute approximate surface area is 101 Å². The van der Waals surface area contributed by atoms with Crippen molar-refractivity contribution < 1.29 is 15.1 Å². The van der Waals surface area contributed by atoms with Gasteiger partial charge in [0.15, 0.2) is 0 Å². The number of nitrogens with two attached hydrogens (primary N) is 1. The maximum atomic E-state index is 11.0. The van der Waals surface area contributed by atoms with Gasteiger partial charge in [-0.3, -0.25) is 10.1 Å². The van der Waals surface area contributed by atoms with Crippen LogP contribution in [0.25, 0.3) is 0 Å². The molecule has 18 heavy (non-hydrogen) atoms. The van der Waals surface area contributed by atoms with Gasteiger partial charge in [0.1, 0.15) is 6.33 Å². The number of aromatic nitrogens is 2. The number of aliphatic hydroxyl groups is 2. The summed E-state index contributed by atoms with van der Waals surface area (Å²) >= 11 is 0. The second-order valence-corrected chi connectivity index (χ2v) is 3.84. The molecule has 0 radical (unpaired) electrons. The fourth-order valence-electron chi connectivity index (χ4n) is 1.82. The summed E-state index contributed by atoms with van der Waals surface area (Å²) in [6.07, 6.45) is -0.808. The van der Waals surface area contributed by atoms with Crippen LogP contribution in [0.4, 0.5) is 17.3 Å². The number of hydrogen-bond acceptors (Lipinski definition) is 9. The molecule has 2 unspecified atom stereocenters. The normalized spacial score (nSPS) is 23.2. The van der Waals surface area contributed by atoms with E-state index in [1.54, 1.807) is 0 Å². The number of anilines is 2. The summed E-state index contributed by atoms with van der Waals surface area (Å²) in [5.74, 6) is 5.04. The van der Waals surface area contributed by atoms with Gasteiger partial charge in [-0.1, -0.05) is 0 Å². The Hall–Kier alpha value is -2.04. The van der Waals surface area contributed by atoms with Crippen LogP contribution < -0.4 is 16.2 Å². The number of nitrogens with zero attached hydrogens (tertiary/aromatic N) is 4. The van der Waals surface area contributed by atoms with Gasteiger partial charge in [-0.15, -0.1) is 0 Å². The van der Waals surface area contributed by atoms with Crippen molar-refractivity contribution in [3.63, 3.8) is 0 Å². The fraction of sp³-hybridized carbons (Fsp3) is 0.500. The van der Waals surface area contributed by atoms with Crippen molar-refractivity contribution in [2.24, 2.45) is 5.84 Å². The van der Waals surface area contributed by atoms with Crippen LogP contribution in [-0.4, -0.2) is 50.4 Å². The molecule has 1 saturated heterocycles. The number of nitrogen functional groups attached to an aromatic ring is 1. The molecule has 2 rings (SSSR count). The summed E-state index contributed by atoms with van der Waals surface area (Å²) in [5.41, 5.74) is 1.73. The first-order valence-corrected chi connectivity index (χ1v) is 5.11. The Morgan fingerprint density at radius 2 is 2.06 bits per heavy atom. The molecule has 0 amide bonds. The second kappa shape index (κ2) is 4.68. The molecule has 0 aromatic carbocycles. The van der Waals surface area contributed by atoms with E-state index in [9.17, 15) is 20.3 Å². The van der Waals surface area contributed by atoms with Crippen molar-refractivity contribution in [3.8, 4) is 0 Å². The molecule has 0 aliphatic carbocycles. The molecule has 98 valence electrons. The maximum Gasteiger partial charge on any atom is 0.354 e. The third kappa shape index (κ3) is 2.03. The molecular weight excluding hydrogens is 244 g/mol. The maximum absolute atomic E-state index is 11.0. The van der Waals surface area contributed by atoms with E-state index >= 15 is 0 Å². The Kier molecular flexibility index (Phi) is 3.23. The lowest BCUT2D eigenvalue weighted by Crippen LogP contribution is -2.24. The highest BCUT2D eigenvalue weighted by molar-refractivity contribution is 5.70. The van der Waals surface area contributed by atoms with Gasteiger partial charge < -0.3 is 20.5 Å². The summed E-state index contributed by atoms with van der Waals surface area (Å²) in [6.45, 7) is 0.117. The molecule has 1 aliphatic heterocycles. The van der Waals surface area contributed by atoms with E-state index in [4.69, 9.17) is 5.84 Å². The van der Waals surface area contributed by atoms with Crippen LogP contribution >= 0.6 is 0 Å². The van der Waals surface area contributed by atoms with E-state index in [1.807, 2.05) is 0 Å². The molecule has 0 bridgehead atoms. The van der Waals surface area contributed by atoms with Crippen LogP contribution in [0.15, 0.2) is 6.33 Å². The molecular formula is C8H12N6O4. The van der Waals surface area contributed by atoms with Gasteiger partial charge in [0.25, 0.3) is 0 Å². The van der Waals surface area contributed by atoms with Gasteiger partial charge in [-0.2, -0.15) is 0 Å². The number of aliphatic hydroxyl groups excluding tert-OH is 2. The molecule has 1 aromatic rings. The molecule has 2 heterocycles. The van der Waals surface area contributed by atoms with Crippen LogP contribution in [-0.2, 0) is 0 Å². The van der Waals surface area contributed by atoms with Crippen molar-refractivity contribution in [2.45, 2.75) is 12.2 Å². The summed E-state index contributed by atoms with van der Waals surface area (Å²) in [7, 11) is 0. The number of rotatable bonds is 3. The molecule has 0 saturated carbocycles. The van der Waals surface area contributed by atoms with Crippen LogP contribution in [0.1, 0.15) is 0 Å². The molecule has 1 fully saturated rings. The highest BCUT2D eigenvalue weighted by atomic mass is 16.6.